The molecule has 1 aromatic carbocycles. The number of hydrogen-bond donors (Lipinski definition) is 1. The number of aliphatic hydroxyl groups excluding tert-OH is 1. The molecule has 3 aliphatic heterocycles. The van der Waals surface area contributed by atoms with Crippen LogP contribution in [0.2, 0.25) is 0 Å². The Labute approximate surface area is 126 Å². The van der Waals surface area contributed by atoms with E-state index in [0.717, 1.165) is 4.90 Å². The van der Waals surface area contributed by atoms with Crippen molar-refractivity contribution in [3.05, 3.63) is 42.2 Å². The Bertz CT molecular complexity index is 715. The summed E-state index contributed by atoms with van der Waals surface area (Å²) in [5.74, 6) is -2.63. The SMILES string of the molecule is C[C@]12C=C[C@@](CO)(O1)[C@@H]1C(=O)N(c3ccc(F)cc3)C(=O)[C@@H]12. The number of hydrogen-bond acceptors (Lipinski definition) is 4. The van der Waals surface area contributed by atoms with Crippen LogP contribution in [0.25, 0.3) is 0 Å². The monoisotopic (exact) mass is 303 g/mol. The number of rotatable bonds is 2. The number of imide groups is 1. The second-order valence-electron chi connectivity index (χ2n) is 6.18. The van der Waals surface area contributed by atoms with Crippen LogP contribution >= 0.6 is 0 Å². The number of benzene rings is 1. The van der Waals surface area contributed by atoms with E-state index < -0.39 is 34.8 Å². The molecule has 6 heteroatoms. The number of aliphatic hydroxyl groups is 1. The van der Waals surface area contributed by atoms with E-state index in [1.807, 2.05) is 0 Å². The molecule has 2 fully saturated rings. The summed E-state index contributed by atoms with van der Waals surface area (Å²) >= 11 is 0. The first-order valence-corrected chi connectivity index (χ1v) is 7.07. The Morgan fingerprint density at radius 3 is 2.45 bits per heavy atom. The lowest BCUT2D eigenvalue weighted by Crippen LogP contribution is -2.43. The molecule has 0 unspecified atom stereocenters. The first kappa shape index (κ1) is 13.6. The maximum atomic E-state index is 13.1. The molecular formula is C16H14FNO4. The van der Waals surface area contributed by atoms with Crippen LogP contribution in [0, 0.1) is 17.7 Å². The molecule has 2 amide bonds. The van der Waals surface area contributed by atoms with Gasteiger partial charge in [-0.05, 0) is 31.2 Å². The summed E-state index contributed by atoms with van der Waals surface area (Å²) in [7, 11) is 0. The Kier molecular flexibility index (Phi) is 2.49. The van der Waals surface area contributed by atoms with Gasteiger partial charge in [0.25, 0.3) is 0 Å². The highest BCUT2D eigenvalue weighted by atomic mass is 19.1. The molecule has 4 atom stereocenters. The Balaban J connectivity index is 1.80. The minimum absolute atomic E-state index is 0.335. The molecule has 1 N–H and O–H groups in total. The van der Waals surface area contributed by atoms with E-state index in [1.165, 1.54) is 24.3 Å². The predicted molar refractivity (Wildman–Crippen MR) is 74.3 cm³/mol. The summed E-state index contributed by atoms with van der Waals surface area (Å²) in [5.41, 5.74) is -1.70. The van der Waals surface area contributed by atoms with Gasteiger partial charge in [-0.3, -0.25) is 9.59 Å². The minimum Gasteiger partial charge on any atom is -0.393 e. The molecule has 3 heterocycles. The van der Waals surface area contributed by atoms with Gasteiger partial charge in [-0.25, -0.2) is 9.29 Å². The van der Waals surface area contributed by atoms with Gasteiger partial charge in [0.05, 0.1) is 29.7 Å². The third-order valence-electron chi connectivity index (χ3n) is 4.89. The number of carbonyl (C=O) groups is 2. The van der Waals surface area contributed by atoms with Gasteiger partial charge in [0, 0.05) is 0 Å². The molecule has 0 spiro atoms. The first-order chi connectivity index (χ1) is 10.4. The zero-order valence-corrected chi connectivity index (χ0v) is 11.8. The molecule has 114 valence electrons. The molecule has 5 nitrogen and oxygen atoms in total. The fourth-order valence-electron chi connectivity index (χ4n) is 3.89. The number of fused-ring (bicyclic) bond motifs is 5. The normalized spacial score (nSPS) is 39.0. The van der Waals surface area contributed by atoms with E-state index in [-0.39, 0.29) is 12.5 Å². The van der Waals surface area contributed by atoms with Crippen LogP contribution in [0.4, 0.5) is 10.1 Å². The number of carbonyl (C=O) groups excluding carboxylic acids is 2. The van der Waals surface area contributed by atoms with Crippen LogP contribution in [0.3, 0.4) is 0 Å². The van der Waals surface area contributed by atoms with Crippen molar-refractivity contribution in [2.24, 2.45) is 11.8 Å². The van der Waals surface area contributed by atoms with Crippen LogP contribution in [0.1, 0.15) is 6.92 Å². The molecule has 22 heavy (non-hydrogen) atoms. The van der Waals surface area contributed by atoms with Crippen molar-refractivity contribution in [1.29, 1.82) is 0 Å². The van der Waals surface area contributed by atoms with Gasteiger partial charge in [0.15, 0.2) is 0 Å². The molecular weight excluding hydrogens is 289 g/mol. The van der Waals surface area contributed by atoms with Crippen molar-refractivity contribution < 1.29 is 23.8 Å². The number of amides is 2. The molecule has 2 saturated heterocycles. The largest absolute Gasteiger partial charge is 0.393 e. The lowest BCUT2D eigenvalue weighted by atomic mass is 9.73. The lowest BCUT2D eigenvalue weighted by molar-refractivity contribution is -0.131. The number of ether oxygens (including phenoxy) is 1. The molecule has 0 radical (unpaired) electrons. The topological polar surface area (TPSA) is 66.8 Å². The van der Waals surface area contributed by atoms with Crippen LogP contribution < -0.4 is 4.90 Å². The number of nitrogens with zero attached hydrogens (tertiary/aromatic N) is 1. The van der Waals surface area contributed by atoms with Crippen LogP contribution in [-0.2, 0) is 14.3 Å². The molecule has 0 aliphatic carbocycles. The zero-order valence-electron chi connectivity index (χ0n) is 11.8. The maximum absolute atomic E-state index is 13.1. The summed E-state index contributed by atoms with van der Waals surface area (Å²) in [6, 6.07) is 5.21. The Hall–Kier alpha value is -2.05. The second kappa shape index (κ2) is 4.02. The van der Waals surface area contributed by atoms with Crippen LogP contribution in [0.5, 0.6) is 0 Å². The van der Waals surface area contributed by atoms with Gasteiger partial charge in [0.2, 0.25) is 11.8 Å². The van der Waals surface area contributed by atoms with Crippen molar-refractivity contribution in [3.63, 3.8) is 0 Å². The Morgan fingerprint density at radius 2 is 1.82 bits per heavy atom. The third kappa shape index (κ3) is 1.43. The van der Waals surface area contributed by atoms with Crippen molar-refractivity contribution in [3.8, 4) is 0 Å². The quantitative estimate of drug-likeness (QED) is 0.654. The standard InChI is InChI=1S/C16H14FNO4/c1-15-6-7-16(8-19,22-15)12-11(15)13(20)18(14(12)21)10-4-2-9(17)3-5-10/h2-7,11-12,19H,8H2,1H3/t11-,12+,15-,16+/m1/s1. The van der Waals surface area contributed by atoms with Crippen molar-refractivity contribution in [2.75, 3.05) is 11.5 Å². The van der Waals surface area contributed by atoms with E-state index in [9.17, 15) is 19.1 Å². The van der Waals surface area contributed by atoms with Gasteiger partial charge < -0.3 is 9.84 Å². The summed E-state index contributed by atoms with van der Waals surface area (Å²) < 4.78 is 18.9. The highest BCUT2D eigenvalue weighted by molar-refractivity contribution is 6.23. The van der Waals surface area contributed by atoms with Gasteiger partial charge in [-0.2, -0.15) is 0 Å². The van der Waals surface area contributed by atoms with Gasteiger partial charge >= 0.3 is 0 Å². The highest BCUT2D eigenvalue weighted by Gasteiger charge is 2.72. The summed E-state index contributed by atoms with van der Waals surface area (Å²) in [6.07, 6.45) is 3.41. The van der Waals surface area contributed by atoms with E-state index in [0.29, 0.717) is 5.69 Å². The molecule has 4 rings (SSSR count). The van der Waals surface area contributed by atoms with Crippen molar-refractivity contribution in [1.82, 2.24) is 0 Å². The maximum Gasteiger partial charge on any atom is 0.241 e. The first-order valence-electron chi connectivity index (χ1n) is 7.07. The molecule has 3 aliphatic rings. The predicted octanol–water partition coefficient (Wildman–Crippen LogP) is 1.02. The van der Waals surface area contributed by atoms with Crippen LogP contribution in [-0.4, -0.2) is 34.7 Å². The lowest BCUT2D eigenvalue weighted by Gasteiger charge is -2.26. The molecule has 2 bridgehead atoms. The average Bonchev–Trinajstić information content (AvgIpc) is 3.07. The van der Waals surface area contributed by atoms with E-state index in [4.69, 9.17) is 4.74 Å². The number of anilines is 1. The summed E-state index contributed by atoms with van der Waals surface area (Å²) in [4.78, 5) is 26.6. The van der Waals surface area contributed by atoms with Gasteiger partial charge in [-0.1, -0.05) is 12.2 Å². The van der Waals surface area contributed by atoms with Gasteiger partial charge in [-0.15, -0.1) is 0 Å². The van der Waals surface area contributed by atoms with E-state index in [2.05, 4.69) is 0 Å². The smallest absolute Gasteiger partial charge is 0.241 e. The second-order valence-corrected chi connectivity index (χ2v) is 6.18. The summed E-state index contributed by atoms with van der Waals surface area (Å²) in [6.45, 7) is 1.38. The summed E-state index contributed by atoms with van der Waals surface area (Å²) in [5, 5.41) is 9.69. The Morgan fingerprint density at radius 1 is 1.18 bits per heavy atom. The third-order valence-corrected chi connectivity index (χ3v) is 4.89. The van der Waals surface area contributed by atoms with E-state index >= 15 is 0 Å². The minimum atomic E-state index is -1.14. The fourth-order valence-corrected chi connectivity index (χ4v) is 3.89. The van der Waals surface area contributed by atoms with Crippen LogP contribution in [0.15, 0.2) is 36.4 Å². The average molecular weight is 303 g/mol. The highest BCUT2D eigenvalue weighted by Crippen LogP contribution is 2.57. The fraction of sp³-hybridized carbons (Fsp3) is 0.375. The van der Waals surface area contributed by atoms with Crippen molar-refractivity contribution in [2.45, 2.75) is 18.1 Å². The van der Waals surface area contributed by atoms with E-state index in [1.54, 1.807) is 19.1 Å². The zero-order chi connectivity index (χ0) is 15.7. The number of halogens is 1. The molecule has 0 aromatic heterocycles. The van der Waals surface area contributed by atoms with Crippen molar-refractivity contribution >= 4 is 17.5 Å². The van der Waals surface area contributed by atoms with Gasteiger partial charge in [0.1, 0.15) is 11.4 Å². The molecule has 1 aromatic rings. The molecule has 0 saturated carbocycles.